The number of hydrogen-bond donors (Lipinski definition) is 2. The van der Waals surface area contributed by atoms with Crippen molar-refractivity contribution >= 4 is 46.7 Å². The normalized spacial score (nSPS) is 18.9. The summed E-state index contributed by atoms with van der Waals surface area (Å²) in [6.45, 7) is 0.903. The molecule has 9 heteroatoms. The molecule has 1 aliphatic heterocycles. The van der Waals surface area contributed by atoms with Crippen LogP contribution in [0.3, 0.4) is 0 Å². The predicted molar refractivity (Wildman–Crippen MR) is 124 cm³/mol. The van der Waals surface area contributed by atoms with Gasteiger partial charge in [-0.05, 0) is 61.4 Å². The number of nitrogens with zero attached hydrogens (tertiary/aromatic N) is 1. The first-order chi connectivity index (χ1) is 16.3. The van der Waals surface area contributed by atoms with Gasteiger partial charge in [-0.2, -0.15) is 0 Å². The van der Waals surface area contributed by atoms with Crippen LogP contribution in [0.1, 0.15) is 30.1 Å². The van der Waals surface area contributed by atoms with Gasteiger partial charge in [0, 0.05) is 18.3 Å². The number of carbonyl (C=O) groups excluding carboxylic acids is 5. The number of imide groups is 1. The molecule has 4 amide bonds. The molecule has 0 saturated carbocycles. The molecule has 1 heterocycles. The molecule has 0 aromatic heterocycles. The number of carbonyl (C=O) groups is 5. The highest BCUT2D eigenvalue weighted by molar-refractivity contribution is 6.22. The zero-order chi connectivity index (χ0) is 24.2. The third-order valence-corrected chi connectivity index (χ3v) is 5.69. The van der Waals surface area contributed by atoms with E-state index in [9.17, 15) is 24.0 Å². The lowest BCUT2D eigenvalue weighted by molar-refractivity contribution is -0.122. The van der Waals surface area contributed by atoms with Crippen LogP contribution in [0.5, 0.6) is 0 Å². The quantitative estimate of drug-likeness (QED) is 0.388. The second-order valence-corrected chi connectivity index (χ2v) is 8.10. The second-order valence-electron chi connectivity index (χ2n) is 8.10. The van der Waals surface area contributed by atoms with E-state index in [0.717, 1.165) is 0 Å². The van der Waals surface area contributed by atoms with Gasteiger partial charge in [0.25, 0.3) is 5.91 Å². The minimum atomic E-state index is -0.709. The van der Waals surface area contributed by atoms with E-state index < -0.39 is 18.5 Å². The highest BCUT2D eigenvalue weighted by Gasteiger charge is 2.47. The van der Waals surface area contributed by atoms with Crippen LogP contribution in [-0.4, -0.2) is 36.2 Å². The highest BCUT2D eigenvalue weighted by Crippen LogP contribution is 2.37. The van der Waals surface area contributed by atoms with Gasteiger partial charge in [-0.25, -0.2) is 4.79 Å². The average Bonchev–Trinajstić information content (AvgIpc) is 3.09. The fraction of sp³-hybridized carbons (Fsp3) is 0.240. The summed E-state index contributed by atoms with van der Waals surface area (Å²) in [4.78, 5) is 62.0. The molecule has 2 aliphatic rings. The van der Waals surface area contributed by atoms with Crippen molar-refractivity contribution in [3.8, 4) is 0 Å². The fourth-order valence-electron chi connectivity index (χ4n) is 4.05. The van der Waals surface area contributed by atoms with E-state index >= 15 is 0 Å². The molecule has 0 unspecified atom stereocenters. The molecular formula is C25H23N3O6. The van der Waals surface area contributed by atoms with Gasteiger partial charge in [0.1, 0.15) is 0 Å². The van der Waals surface area contributed by atoms with Gasteiger partial charge in [0.05, 0.1) is 23.1 Å². The Balaban J connectivity index is 1.31. The van der Waals surface area contributed by atoms with Crippen LogP contribution in [0.2, 0.25) is 0 Å². The van der Waals surface area contributed by atoms with E-state index in [-0.39, 0.29) is 35.1 Å². The molecule has 2 N–H and O–H groups in total. The van der Waals surface area contributed by atoms with E-state index in [1.54, 1.807) is 24.3 Å². The fourth-order valence-corrected chi connectivity index (χ4v) is 4.05. The Morgan fingerprint density at radius 1 is 0.853 bits per heavy atom. The number of amides is 4. The maximum atomic E-state index is 12.7. The summed E-state index contributed by atoms with van der Waals surface area (Å²) >= 11 is 0. The molecule has 1 saturated heterocycles. The van der Waals surface area contributed by atoms with Crippen molar-refractivity contribution in [1.29, 1.82) is 0 Å². The Hall–Kier alpha value is -4.27. The number of ether oxygens (including phenoxy) is 1. The molecule has 1 fully saturated rings. The molecule has 2 aromatic rings. The van der Waals surface area contributed by atoms with E-state index in [1.807, 2.05) is 12.2 Å². The first kappa shape index (κ1) is 22.9. The summed E-state index contributed by atoms with van der Waals surface area (Å²) in [6, 6.07) is 12.4. The number of anilines is 3. The number of allylic oxidation sites excluding steroid dienone is 2. The Morgan fingerprint density at radius 2 is 1.38 bits per heavy atom. The molecule has 9 nitrogen and oxygen atoms in total. The average molecular weight is 461 g/mol. The van der Waals surface area contributed by atoms with E-state index in [0.29, 0.717) is 29.9 Å². The van der Waals surface area contributed by atoms with Gasteiger partial charge in [-0.15, -0.1) is 0 Å². The minimum Gasteiger partial charge on any atom is -0.452 e. The van der Waals surface area contributed by atoms with Gasteiger partial charge in [0.2, 0.25) is 17.7 Å². The maximum Gasteiger partial charge on any atom is 0.338 e. The predicted octanol–water partition coefficient (Wildman–Crippen LogP) is 2.90. The van der Waals surface area contributed by atoms with Crippen LogP contribution in [0.15, 0.2) is 60.7 Å². The van der Waals surface area contributed by atoms with Crippen molar-refractivity contribution in [2.45, 2.75) is 19.8 Å². The zero-order valence-electron chi connectivity index (χ0n) is 18.4. The summed E-state index contributed by atoms with van der Waals surface area (Å²) < 4.78 is 5.06. The molecule has 2 atom stereocenters. The second kappa shape index (κ2) is 9.70. The Bertz CT molecular complexity index is 1140. The van der Waals surface area contributed by atoms with E-state index in [2.05, 4.69) is 10.6 Å². The lowest BCUT2D eigenvalue weighted by Crippen LogP contribution is -2.30. The van der Waals surface area contributed by atoms with Gasteiger partial charge in [-0.3, -0.25) is 24.1 Å². The molecule has 0 bridgehead atoms. The summed E-state index contributed by atoms with van der Waals surface area (Å²) in [5.41, 5.74) is 1.67. The Labute approximate surface area is 195 Å². The molecule has 1 aliphatic carbocycles. The van der Waals surface area contributed by atoms with Crippen LogP contribution in [0, 0.1) is 11.8 Å². The summed E-state index contributed by atoms with van der Waals surface area (Å²) in [5, 5.41) is 5.21. The topological polar surface area (TPSA) is 122 Å². The largest absolute Gasteiger partial charge is 0.452 e. The number of nitrogens with one attached hydrogen (secondary N) is 2. The number of fused-ring (bicyclic) bond motifs is 1. The minimum absolute atomic E-state index is 0.189. The number of rotatable bonds is 6. The van der Waals surface area contributed by atoms with Crippen molar-refractivity contribution in [2.24, 2.45) is 11.8 Å². The van der Waals surface area contributed by atoms with Crippen molar-refractivity contribution in [3.05, 3.63) is 66.2 Å². The monoisotopic (exact) mass is 461 g/mol. The third kappa shape index (κ3) is 4.88. The lowest BCUT2D eigenvalue weighted by atomic mass is 9.85. The smallest absolute Gasteiger partial charge is 0.338 e. The maximum absolute atomic E-state index is 12.7. The van der Waals surface area contributed by atoms with Crippen molar-refractivity contribution in [1.82, 2.24) is 0 Å². The Morgan fingerprint density at radius 3 is 1.91 bits per heavy atom. The van der Waals surface area contributed by atoms with Crippen LogP contribution in [0.25, 0.3) is 0 Å². The van der Waals surface area contributed by atoms with Gasteiger partial charge in [0.15, 0.2) is 6.61 Å². The van der Waals surface area contributed by atoms with Crippen LogP contribution in [-0.2, 0) is 23.9 Å². The van der Waals surface area contributed by atoms with Crippen LogP contribution < -0.4 is 15.5 Å². The summed E-state index contributed by atoms with van der Waals surface area (Å²) in [6.07, 6.45) is 4.95. The summed E-state index contributed by atoms with van der Waals surface area (Å²) in [7, 11) is 0. The SMILES string of the molecule is CC(=O)Nc1ccc(NC(=O)COC(=O)c2ccc(N3C(=O)[C@H]4CC=CC[C@H]4C3=O)cc2)cc1. The molecule has 174 valence electrons. The number of hydrogen-bond acceptors (Lipinski definition) is 6. The van der Waals surface area contributed by atoms with Gasteiger partial charge >= 0.3 is 5.97 Å². The third-order valence-electron chi connectivity index (χ3n) is 5.69. The van der Waals surface area contributed by atoms with E-state index in [1.165, 1.54) is 36.1 Å². The van der Waals surface area contributed by atoms with Crippen molar-refractivity contribution in [3.63, 3.8) is 0 Å². The molecule has 34 heavy (non-hydrogen) atoms. The first-order valence-corrected chi connectivity index (χ1v) is 10.8. The molecular weight excluding hydrogens is 438 g/mol. The van der Waals surface area contributed by atoms with Gasteiger partial charge in [-0.1, -0.05) is 12.2 Å². The zero-order valence-corrected chi connectivity index (χ0v) is 18.4. The highest BCUT2D eigenvalue weighted by atomic mass is 16.5. The van der Waals surface area contributed by atoms with Crippen LogP contribution in [0.4, 0.5) is 17.1 Å². The molecule has 0 radical (unpaired) electrons. The van der Waals surface area contributed by atoms with Crippen LogP contribution >= 0.6 is 0 Å². The lowest BCUT2D eigenvalue weighted by Gasteiger charge is -2.15. The first-order valence-electron chi connectivity index (χ1n) is 10.8. The summed E-state index contributed by atoms with van der Waals surface area (Å²) in [5.74, 6) is -2.55. The van der Waals surface area contributed by atoms with Crippen molar-refractivity contribution < 1.29 is 28.7 Å². The van der Waals surface area contributed by atoms with Crippen molar-refractivity contribution in [2.75, 3.05) is 22.1 Å². The van der Waals surface area contributed by atoms with E-state index in [4.69, 9.17) is 4.74 Å². The molecule has 0 spiro atoms. The number of esters is 1. The van der Waals surface area contributed by atoms with Gasteiger partial charge < -0.3 is 15.4 Å². The molecule has 4 rings (SSSR count). The number of benzene rings is 2. The standard InChI is InChI=1S/C25H23N3O6/c1-15(29)26-17-8-10-18(11-9-17)27-22(30)14-34-25(33)16-6-12-19(13-7-16)28-23(31)20-4-2-3-5-21(20)24(28)32/h2-3,6-13,20-21H,4-5,14H2,1H3,(H,26,29)(H,27,30)/t20-,21+. The Kier molecular flexibility index (Phi) is 6.53. The molecule has 2 aromatic carbocycles.